The summed E-state index contributed by atoms with van der Waals surface area (Å²) in [6.45, 7) is 0. The van der Waals surface area contributed by atoms with Gasteiger partial charge in [0.15, 0.2) is 0 Å². The van der Waals surface area contributed by atoms with Crippen molar-refractivity contribution in [2.24, 2.45) is 5.73 Å². The van der Waals surface area contributed by atoms with Crippen molar-refractivity contribution >= 4 is 23.2 Å². The highest BCUT2D eigenvalue weighted by atomic mass is 35.5. The monoisotopic (exact) mass is 164 g/mol. The van der Waals surface area contributed by atoms with E-state index in [9.17, 15) is 0 Å². The van der Waals surface area contributed by atoms with Crippen LogP contribution >= 0.6 is 23.2 Å². The van der Waals surface area contributed by atoms with Crippen molar-refractivity contribution in [2.45, 2.75) is 5.50 Å². The molecule has 1 rings (SSSR count). The van der Waals surface area contributed by atoms with E-state index in [0.717, 1.165) is 0 Å². The van der Waals surface area contributed by atoms with Crippen molar-refractivity contribution in [1.29, 1.82) is 0 Å². The second-order valence-corrected chi connectivity index (χ2v) is 2.58. The quantitative estimate of drug-likeness (QED) is 0.416. The summed E-state index contributed by atoms with van der Waals surface area (Å²) >= 11 is 11.2. The molecule has 4 heteroatoms. The SMILES string of the molecule is NC1=CC(Cl)NC(Cl)=C1. The van der Waals surface area contributed by atoms with Crippen LogP contribution in [0.3, 0.4) is 0 Å². The van der Waals surface area contributed by atoms with Crippen LogP contribution in [0.1, 0.15) is 0 Å². The molecular formula is C5H6Cl2N2. The van der Waals surface area contributed by atoms with Gasteiger partial charge in [-0.25, -0.2) is 0 Å². The van der Waals surface area contributed by atoms with E-state index in [1.165, 1.54) is 0 Å². The molecule has 2 nitrogen and oxygen atoms in total. The number of nitrogens with one attached hydrogen (secondary N) is 1. The van der Waals surface area contributed by atoms with Crippen LogP contribution in [0.25, 0.3) is 0 Å². The van der Waals surface area contributed by atoms with Gasteiger partial charge < -0.3 is 11.1 Å². The van der Waals surface area contributed by atoms with Crippen LogP contribution < -0.4 is 11.1 Å². The van der Waals surface area contributed by atoms with Crippen LogP contribution in [-0.4, -0.2) is 5.50 Å². The van der Waals surface area contributed by atoms with E-state index in [4.69, 9.17) is 28.9 Å². The lowest BCUT2D eigenvalue weighted by Gasteiger charge is -2.13. The number of rotatable bonds is 0. The topological polar surface area (TPSA) is 38.0 Å². The van der Waals surface area contributed by atoms with Gasteiger partial charge in [0.25, 0.3) is 0 Å². The van der Waals surface area contributed by atoms with Crippen molar-refractivity contribution in [1.82, 2.24) is 5.32 Å². The molecule has 1 aliphatic heterocycles. The molecule has 0 saturated carbocycles. The van der Waals surface area contributed by atoms with Crippen LogP contribution in [0.2, 0.25) is 0 Å². The first-order valence-corrected chi connectivity index (χ1v) is 3.25. The molecule has 0 aromatic carbocycles. The molecular weight excluding hydrogens is 159 g/mol. The van der Waals surface area contributed by atoms with E-state index in [0.29, 0.717) is 10.9 Å². The molecule has 1 unspecified atom stereocenters. The first-order valence-electron chi connectivity index (χ1n) is 2.43. The zero-order valence-corrected chi connectivity index (χ0v) is 6.08. The number of allylic oxidation sites excluding steroid dienone is 1. The lowest BCUT2D eigenvalue weighted by molar-refractivity contribution is 0.869. The molecule has 0 aromatic heterocycles. The average molecular weight is 165 g/mol. The molecule has 50 valence electrons. The standard InChI is InChI=1S/C5H6Cl2N2/c6-4-1-3(8)2-5(7)9-4/h1-2,4,9H,8H2. The molecule has 0 saturated heterocycles. The molecule has 1 aliphatic rings. The maximum atomic E-state index is 5.61. The van der Waals surface area contributed by atoms with Gasteiger partial charge in [-0.2, -0.15) is 0 Å². The Morgan fingerprint density at radius 1 is 1.67 bits per heavy atom. The predicted octanol–water partition coefficient (Wildman–Crippen LogP) is 1.08. The lowest BCUT2D eigenvalue weighted by Crippen LogP contribution is -2.23. The van der Waals surface area contributed by atoms with Crippen molar-refractivity contribution < 1.29 is 0 Å². The summed E-state index contributed by atoms with van der Waals surface area (Å²) < 4.78 is 0. The largest absolute Gasteiger partial charge is 0.399 e. The third-order valence-corrected chi connectivity index (χ3v) is 1.36. The lowest BCUT2D eigenvalue weighted by atomic mass is 10.3. The predicted molar refractivity (Wildman–Crippen MR) is 39.0 cm³/mol. The molecule has 0 radical (unpaired) electrons. The summed E-state index contributed by atoms with van der Waals surface area (Å²) in [5.74, 6) is 0. The first-order chi connectivity index (χ1) is 4.18. The maximum absolute atomic E-state index is 5.61. The number of alkyl halides is 1. The molecule has 0 bridgehead atoms. The number of hydrogen-bond acceptors (Lipinski definition) is 2. The highest BCUT2D eigenvalue weighted by Crippen LogP contribution is 2.10. The minimum atomic E-state index is -0.275. The Balaban J connectivity index is 2.74. The summed E-state index contributed by atoms with van der Waals surface area (Å²) in [4.78, 5) is 0. The van der Waals surface area contributed by atoms with E-state index in [2.05, 4.69) is 5.32 Å². The Labute approximate surface area is 63.3 Å². The van der Waals surface area contributed by atoms with Crippen molar-refractivity contribution in [3.05, 3.63) is 23.0 Å². The number of dihydropyridines is 1. The minimum absolute atomic E-state index is 0.275. The molecule has 9 heavy (non-hydrogen) atoms. The van der Waals surface area contributed by atoms with Gasteiger partial charge in [-0.05, 0) is 12.2 Å². The Morgan fingerprint density at radius 3 is 2.78 bits per heavy atom. The fourth-order valence-corrected chi connectivity index (χ4v) is 1.14. The summed E-state index contributed by atoms with van der Waals surface area (Å²) in [5, 5.41) is 3.23. The van der Waals surface area contributed by atoms with Gasteiger partial charge in [-0.15, -0.1) is 0 Å². The van der Waals surface area contributed by atoms with Gasteiger partial charge in [-0.1, -0.05) is 23.2 Å². The third kappa shape index (κ3) is 1.80. The highest BCUT2D eigenvalue weighted by molar-refractivity contribution is 6.30. The third-order valence-electron chi connectivity index (χ3n) is 0.908. The zero-order chi connectivity index (χ0) is 6.85. The zero-order valence-electron chi connectivity index (χ0n) is 4.57. The fourth-order valence-electron chi connectivity index (χ4n) is 0.578. The van der Waals surface area contributed by atoms with E-state index >= 15 is 0 Å². The normalized spacial score (nSPS) is 26.2. The number of halogens is 2. The van der Waals surface area contributed by atoms with E-state index in [-0.39, 0.29) is 5.50 Å². The van der Waals surface area contributed by atoms with Crippen LogP contribution in [0.5, 0.6) is 0 Å². The van der Waals surface area contributed by atoms with E-state index in [1.807, 2.05) is 0 Å². The highest BCUT2D eigenvalue weighted by Gasteiger charge is 2.06. The van der Waals surface area contributed by atoms with Gasteiger partial charge in [0.2, 0.25) is 0 Å². The molecule has 1 atom stereocenters. The molecule has 1 heterocycles. The molecule has 0 spiro atoms. The minimum Gasteiger partial charge on any atom is -0.399 e. The van der Waals surface area contributed by atoms with Gasteiger partial charge in [0.05, 0.1) is 0 Å². The van der Waals surface area contributed by atoms with Crippen LogP contribution in [0, 0.1) is 0 Å². The summed E-state index contributed by atoms with van der Waals surface area (Å²) in [6.07, 6.45) is 3.29. The molecule has 0 aromatic rings. The van der Waals surface area contributed by atoms with Gasteiger partial charge in [0.1, 0.15) is 10.7 Å². The number of hydrogen-bond donors (Lipinski definition) is 2. The molecule has 0 aliphatic carbocycles. The Hall–Kier alpha value is -0.340. The van der Waals surface area contributed by atoms with E-state index in [1.54, 1.807) is 12.2 Å². The summed E-state index contributed by atoms with van der Waals surface area (Å²) in [7, 11) is 0. The number of nitrogens with two attached hydrogens (primary N) is 1. The van der Waals surface area contributed by atoms with Gasteiger partial charge in [-0.3, -0.25) is 0 Å². The molecule has 0 fully saturated rings. The van der Waals surface area contributed by atoms with Gasteiger partial charge >= 0.3 is 0 Å². The fraction of sp³-hybridized carbons (Fsp3) is 0.200. The Morgan fingerprint density at radius 2 is 2.33 bits per heavy atom. The average Bonchev–Trinajstić information content (AvgIpc) is 1.59. The maximum Gasteiger partial charge on any atom is 0.123 e. The molecule has 3 N–H and O–H groups in total. The van der Waals surface area contributed by atoms with Crippen molar-refractivity contribution in [3.8, 4) is 0 Å². The van der Waals surface area contributed by atoms with Crippen LogP contribution in [0.15, 0.2) is 23.0 Å². The van der Waals surface area contributed by atoms with Crippen molar-refractivity contribution in [2.75, 3.05) is 0 Å². The summed E-state index contributed by atoms with van der Waals surface area (Å²) in [5.41, 5.74) is 5.71. The molecule has 0 amide bonds. The van der Waals surface area contributed by atoms with Crippen LogP contribution in [0.4, 0.5) is 0 Å². The van der Waals surface area contributed by atoms with Crippen LogP contribution in [-0.2, 0) is 0 Å². The second kappa shape index (κ2) is 2.50. The first kappa shape index (κ1) is 6.78. The van der Waals surface area contributed by atoms with Gasteiger partial charge in [0, 0.05) is 5.70 Å². The smallest absolute Gasteiger partial charge is 0.123 e. The summed E-state index contributed by atoms with van der Waals surface area (Å²) in [6, 6.07) is 0. The van der Waals surface area contributed by atoms with E-state index < -0.39 is 0 Å². The second-order valence-electron chi connectivity index (χ2n) is 1.71. The Bertz CT molecular complexity index is 174. The van der Waals surface area contributed by atoms with Crippen molar-refractivity contribution in [3.63, 3.8) is 0 Å². The Kier molecular flexibility index (Phi) is 1.88.